The Balaban J connectivity index is 1.98. The van der Waals surface area contributed by atoms with Crippen LogP contribution in [-0.2, 0) is 4.79 Å². The topological polar surface area (TPSA) is 77.8 Å². The number of hydrogen-bond donors (Lipinski definition) is 2. The lowest BCUT2D eigenvalue weighted by Gasteiger charge is -2.15. The van der Waals surface area contributed by atoms with Gasteiger partial charge in [0.15, 0.2) is 0 Å². The summed E-state index contributed by atoms with van der Waals surface area (Å²) in [7, 11) is 0. The third-order valence-electron chi connectivity index (χ3n) is 3.37. The van der Waals surface area contributed by atoms with E-state index in [1.165, 1.54) is 17.4 Å². The van der Waals surface area contributed by atoms with Crippen LogP contribution in [0.1, 0.15) is 28.1 Å². The summed E-state index contributed by atoms with van der Waals surface area (Å²) in [5.74, 6) is -0.636. The minimum Gasteiger partial charge on any atom is -0.478 e. The van der Waals surface area contributed by atoms with Crippen LogP contribution in [0.3, 0.4) is 0 Å². The second-order valence-electron chi connectivity index (χ2n) is 4.83. The number of carbonyl (C=O) groups is 2. The Morgan fingerprint density at radius 1 is 1.50 bits per heavy atom. The van der Waals surface area contributed by atoms with Crippen molar-refractivity contribution in [1.82, 2.24) is 4.90 Å². The molecule has 1 aliphatic heterocycles. The van der Waals surface area contributed by atoms with Gasteiger partial charge in [-0.25, -0.2) is 4.79 Å². The van der Waals surface area contributed by atoms with Gasteiger partial charge in [0.05, 0.1) is 5.56 Å². The zero-order chi connectivity index (χ0) is 14.5. The van der Waals surface area contributed by atoms with Crippen LogP contribution in [0, 0.1) is 5.92 Å². The second kappa shape index (κ2) is 6.67. The predicted molar refractivity (Wildman–Crippen MR) is 76.7 cm³/mol. The minimum absolute atomic E-state index is 0.0170. The van der Waals surface area contributed by atoms with E-state index in [9.17, 15) is 9.59 Å². The fourth-order valence-electron chi connectivity index (χ4n) is 2.32. The van der Waals surface area contributed by atoms with Gasteiger partial charge in [0.25, 0.3) is 5.91 Å². The van der Waals surface area contributed by atoms with E-state index in [0.717, 1.165) is 30.3 Å². The van der Waals surface area contributed by atoms with Crippen LogP contribution < -0.4 is 0 Å². The van der Waals surface area contributed by atoms with Gasteiger partial charge < -0.3 is 15.1 Å². The molecule has 1 aromatic rings. The Morgan fingerprint density at radius 2 is 2.30 bits per heavy atom. The van der Waals surface area contributed by atoms with Crippen molar-refractivity contribution in [2.24, 2.45) is 5.92 Å². The maximum absolute atomic E-state index is 12.3. The van der Waals surface area contributed by atoms with Gasteiger partial charge in [-0.2, -0.15) is 0 Å². The number of rotatable bonds is 5. The number of aliphatic hydroxyl groups is 1. The first-order valence-electron chi connectivity index (χ1n) is 6.50. The average Bonchev–Trinajstić information content (AvgIpc) is 3.05. The zero-order valence-corrected chi connectivity index (χ0v) is 11.8. The molecule has 0 aromatic carbocycles. The zero-order valence-electron chi connectivity index (χ0n) is 11.0. The van der Waals surface area contributed by atoms with Crippen LogP contribution in [0.4, 0.5) is 0 Å². The molecule has 5 nitrogen and oxygen atoms in total. The molecule has 1 aliphatic rings. The van der Waals surface area contributed by atoms with Gasteiger partial charge in [0.2, 0.25) is 0 Å². The monoisotopic (exact) mass is 295 g/mol. The van der Waals surface area contributed by atoms with Crippen molar-refractivity contribution >= 4 is 29.3 Å². The summed E-state index contributed by atoms with van der Waals surface area (Å²) in [6.07, 6.45) is 4.22. The highest BCUT2D eigenvalue weighted by Crippen LogP contribution is 2.23. The first kappa shape index (κ1) is 14.7. The van der Waals surface area contributed by atoms with Crippen molar-refractivity contribution in [2.75, 3.05) is 19.7 Å². The standard InChI is InChI=1S/C14H17NO4S/c16-6-4-10-3-5-15(8-10)14(19)11-7-12(20-9-11)1-2-13(17)18/h1-2,7,9-10,16H,3-6,8H2,(H,17,18)/b2-1+. The molecule has 0 saturated carbocycles. The van der Waals surface area contributed by atoms with Gasteiger partial charge >= 0.3 is 5.97 Å². The van der Waals surface area contributed by atoms with Gasteiger partial charge in [-0.1, -0.05) is 0 Å². The molecule has 0 radical (unpaired) electrons. The number of thiophene rings is 1. The lowest BCUT2D eigenvalue weighted by Crippen LogP contribution is -2.28. The molecule has 1 unspecified atom stereocenters. The van der Waals surface area contributed by atoms with Gasteiger partial charge in [-0.05, 0) is 30.9 Å². The molecule has 1 fully saturated rings. The number of hydrogen-bond acceptors (Lipinski definition) is 4. The third-order valence-corrected chi connectivity index (χ3v) is 4.27. The molecule has 0 aliphatic carbocycles. The number of carbonyl (C=O) groups excluding carboxylic acids is 1. The quantitative estimate of drug-likeness (QED) is 0.810. The van der Waals surface area contributed by atoms with Crippen LogP contribution in [0.25, 0.3) is 6.08 Å². The van der Waals surface area contributed by atoms with Gasteiger partial charge in [0.1, 0.15) is 0 Å². The van der Waals surface area contributed by atoms with E-state index in [0.29, 0.717) is 18.0 Å². The highest BCUT2D eigenvalue weighted by atomic mass is 32.1. The summed E-state index contributed by atoms with van der Waals surface area (Å²) < 4.78 is 0. The van der Waals surface area contributed by atoms with Crippen molar-refractivity contribution in [1.29, 1.82) is 0 Å². The third kappa shape index (κ3) is 3.68. The molecule has 2 rings (SSSR count). The van der Waals surface area contributed by atoms with Crippen LogP contribution in [0.2, 0.25) is 0 Å². The van der Waals surface area contributed by atoms with Crippen LogP contribution in [0.5, 0.6) is 0 Å². The summed E-state index contributed by atoms with van der Waals surface area (Å²) in [4.78, 5) is 25.3. The Morgan fingerprint density at radius 3 is 3.00 bits per heavy atom. The van der Waals surface area contributed by atoms with E-state index in [1.54, 1.807) is 16.3 Å². The molecular formula is C14H17NO4S. The molecule has 0 bridgehead atoms. The molecule has 2 heterocycles. The van der Waals surface area contributed by atoms with Crippen molar-refractivity contribution in [3.8, 4) is 0 Å². The minimum atomic E-state index is -1.00. The Kier molecular flexibility index (Phi) is 4.92. The van der Waals surface area contributed by atoms with E-state index in [1.807, 2.05) is 0 Å². The SMILES string of the molecule is O=C(O)/C=C/c1cc(C(=O)N2CCC(CCO)C2)cs1. The lowest BCUT2D eigenvalue weighted by atomic mass is 10.1. The number of aliphatic carboxylic acids is 1. The fraction of sp³-hybridized carbons (Fsp3) is 0.429. The molecule has 6 heteroatoms. The normalized spacial score (nSPS) is 18.9. The lowest BCUT2D eigenvalue weighted by molar-refractivity contribution is -0.131. The van der Waals surface area contributed by atoms with Crippen LogP contribution in [-0.4, -0.2) is 46.7 Å². The number of carboxylic acid groups (broad SMARTS) is 1. The number of aliphatic hydroxyl groups excluding tert-OH is 1. The summed E-state index contributed by atoms with van der Waals surface area (Å²) in [5.41, 5.74) is 0.602. The molecule has 2 N–H and O–H groups in total. The molecule has 1 atom stereocenters. The van der Waals surface area contributed by atoms with E-state index in [4.69, 9.17) is 10.2 Å². The number of likely N-dealkylation sites (tertiary alicyclic amines) is 1. The maximum atomic E-state index is 12.3. The first-order chi connectivity index (χ1) is 9.60. The van der Waals surface area contributed by atoms with E-state index in [-0.39, 0.29) is 12.5 Å². The largest absolute Gasteiger partial charge is 0.478 e. The Labute approximate surface area is 121 Å². The molecule has 108 valence electrons. The van der Waals surface area contributed by atoms with Crippen molar-refractivity contribution < 1.29 is 19.8 Å². The summed E-state index contributed by atoms with van der Waals surface area (Å²) in [5, 5.41) is 19.2. The molecule has 1 aromatic heterocycles. The Bertz CT molecular complexity index is 523. The first-order valence-corrected chi connectivity index (χ1v) is 7.38. The highest BCUT2D eigenvalue weighted by Gasteiger charge is 2.26. The van der Waals surface area contributed by atoms with Gasteiger partial charge in [0, 0.05) is 36.0 Å². The molecule has 1 saturated heterocycles. The number of nitrogens with zero attached hydrogens (tertiary/aromatic N) is 1. The van der Waals surface area contributed by atoms with Crippen LogP contribution >= 0.6 is 11.3 Å². The fourth-order valence-corrected chi connectivity index (χ4v) is 3.10. The van der Waals surface area contributed by atoms with Gasteiger partial charge in [-0.15, -0.1) is 11.3 Å². The summed E-state index contributed by atoms with van der Waals surface area (Å²) in [6.45, 7) is 1.57. The summed E-state index contributed by atoms with van der Waals surface area (Å²) >= 11 is 1.35. The van der Waals surface area contributed by atoms with Crippen molar-refractivity contribution in [2.45, 2.75) is 12.8 Å². The summed E-state index contributed by atoms with van der Waals surface area (Å²) in [6, 6.07) is 1.71. The average molecular weight is 295 g/mol. The smallest absolute Gasteiger partial charge is 0.328 e. The van der Waals surface area contributed by atoms with Crippen molar-refractivity contribution in [3.05, 3.63) is 28.0 Å². The second-order valence-corrected chi connectivity index (χ2v) is 5.77. The highest BCUT2D eigenvalue weighted by molar-refractivity contribution is 7.11. The number of carboxylic acids is 1. The van der Waals surface area contributed by atoms with Crippen LogP contribution in [0.15, 0.2) is 17.5 Å². The van der Waals surface area contributed by atoms with E-state index in [2.05, 4.69) is 0 Å². The Hall–Kier alpha value is -1.66. The molecule has 0 spiro atoms. The van der Waals surface area contributed by atoms with Crippen molar-refractivity contribution in [3.63, 3.8) is 0 Å². The molecule has 1 amide bonds. The maximum Gasteiger partial charge on any atom is 0.328 e. The van der Waals surface area contributed by atoms with Gasteiger partial charge in [-0.3, -0.25) is 4.79 Å². The number of amides is 1. The van der Waals surface area contributed by atoms with E-state index < -0.39 is 5.97 Å². The molecular weight excluding hydrogens is 278 g/mol. The predicted octanol–water partition coefficient (Wildman–Crippen LogP) is 1.69. The molecule has 20 heavy (non-hydrogen) atoms. The van der Waals surface area contributed by atoms with E-state index >= 15 is 0 Å².